The largest absolute Gasteiger partial charge is 0.457 e. The number of ether oxygens (including phenoxy) is 1. The molecule has 0 aliphatic carbocycles. The molecule has 19 heavy (non-hydrogen) atoms. The molecular weight excluding hydrogens is 248 g/mol. The number of benzene rings is 2. The summed E-state index contributed by atoms with van der Waals surface area (Å²) in [4.78, 5) is 0. The Morgan fingerprint density at radius 2 is 1.84 bits per heavy atom. The number of hydrogen-bond acceptors (Lipinski definition) is 2. The first-order valence-corrected chi connectivity index (χ1v) is 6.02. The van der Waals surface area contributed by atoms with E-state index >= 15 is 0 Å². The number of nitrogens with two attached hydrogens (primary N) is 1. The molecule has 2 aromatic carbocycles. The van der Waals surface area contributed by atoms with E-state index in [1.165, 1.54) is 24.3 Å². The molecule has 0 aliphatic heterocycles. The van der Waals surface area contributed by atoms with Crippen molar-refractivity contribution in [3.63, 3.8) is 0 Å². The van der Waals surface area contributed by atoms with Crippen LogP contribution in [0.4, 0.5) is 8.78 Å². The first-order chi connectivity index (χ1) is 9.08. The van der Waals surface area contributed by atoms with Gasteiger partial charge in [-0.25, -0.2) is 8.78 Å². The Balaban J connectivity index is 2.29. The van der Waals surface area contributed by atoms with Crippen molar-refractivity contribution in [3.8, 4) is 11.5 Å². The molecule has 2 rings (SSSR count). The van der Waals surface area contributed by atoms with Crippen molar-refractivity contribution in [2.24, 2.45) is 5.73 Å². The predicted octanol–water partition coefficient (Wildman–Crippen LogP) is 3.57. The molecule has 0 radical (unpaired) electrons. The number of rotatable bonds is 4. The maximum absolute atomic E-state index is 13.4. The second-order valence-electron chi connectivity index (χ2n) is 4.35. The van der Waals surface area contributed by atoms with Gasteiger partial charge in [0.05, 0.1) is 0 Å². The van der Waals surface area contributed by atoms with Crippen LogP contribution in [0.5, 0.6) is 11.5 Å². The Morgan fingerprint density at radius 3 is 2.58 bits per heavy atom. The van der Waals surface area contributed by atoms with Crippen LogP contribution in [0, 0.1) is 18.6 Å². The van der Waals surface area contributed by atoms with Gasteiger partial charge < -0.3 is 10.5 Å². The Kier molecular flexibility index (Phi) is 4.12. The van der Waals surface area contributed by atoms with Gasteiger partial charge in [-0.15, -0.1) is 0 Å². The number of halogens is 2. The lowest BCUT2D eigenvalue weighted by atomic mass is 10.1. The minimum atomic E-state index is -0.394. The van der Waals surface area contributed by atoms with Crippen LogP contribution in [0.3, 0.4) is 0 Å². The quantitative estimate of drug-likeness (QED) is 0.915. The normalized spacial score (nSPS) is 10.5. The average Bonchev–Trinajstić information content (AvgIpc) is 2.33. The molecule has 2 aromatic rings. The molecule has 0 saturated heterocycles. The molecular formula is C15H15F2NO. The summed E-state index contributed by atoms with van der Waals surface area (Å²) >= 11 is 0. The zero-order valence-corrected chi connectivity index (χ0v) is 10.6. The van der Waals surface area contributed by atoms with Gasteiger partial charge in [0.2, 0.25) is 0 Å². The smallest absolute Gasteiger partial charge is 0.133 e. The van der Waals surface area contributed by atoms with E-state index in [0.29, 0.717) is 24.5 Å². The van der Waals surface area contributed by atoms with Gasteiger partial charge in [0.15, 0.2) is 0 Å². The molecule has 2 N–H and O–H groups in total. The monoisotopic (exact) mass is 263 g/mol. The highest BCUT2D eigenvalue weighted by atomic mass is 19.1. The zero-order chi connectivity index (χ0) is 13.8. The third-order valence-electron chi connectivity index (χ3n) is 2.74. The molecule has 0 bridgehead atoms. The van der Waals surface area contributed by atoms with Crippen molar-refractivity contribution >= 4 is 0 Å². The molecule has 0 saturated carbocycles. The molecule has 0 unspecified atom stereocenters. The van der Waals surface area contributed by atoms with E-state index < -0.39 is 5.82 Å². The molecule has 2 nitrogen and oxygen atoms in total. The van der Waals surface area contributed by atoms with Crippen LogP contribution < -0.4 is 10.5 Å². The topological polar surface area (TPSA) is 35.2 Å². The van der Waals surface area contributed by atoms with Crippen LogP contribution in [-0.4, -0.2) is 6.54 Å². The molecule has 4 heteroatoms. The van der Waals surface area contributed by atoms with Gasteiger partial charge in [-0.2, -0.15) is 0 Å². The van der Waals surface area contributed by atoms with Gasteiger partial charge in [-0.3, -0.25) is 0 Å². The van der Waals surface area contributed by atoms with Crippen molar-refractivity contribution in [1.29, 1.82) is 0 Å². The highest BCUT2D eigenvalue weighted by Crippen LogP contribution is 2.27. The van der Waals surface area contributed by atoms with Crippen molar-refractivity contribution in [1.82, 2.24) is 0 Å². The van der Waals surface area contributed by atoms with Crippen molar-refractivity contribution in [2.75, 3.05) is 6.54 Å². The fourth-order valence-electron chi connectivity index (χ4n) is 1.80. The second kappa shape index (κ2) is 5.80. The van der Waals surface area contributed by atoms with Gasteiger partial charge in [-0.05, 0) is 49.2 Å². The Labute approximate surface area is 110 Å². The van der Waals surface area contributed by atoms with E-state index in [4.69, 9.17) is 10.5 Å². The maximum Gasteiger partial charge on any atom is 0.133 e. The standard InChI is InChI=1S/C15H15F2NO/c1-10-2-3-12(16)9-15(10)19-14-7-11(4-5-18)6-13(17)8-14/h2-3,6-9H,4-5,18H2,1H3. The maximum atomic E-state index is 13.4. The Hall–Kier alpha value is -1.94. The van der Waals surface area contributed by atoms with E-state index in [-0.39, 0.29) is 5.82 Å². The average molecular weight is 263 g/mol. The third-order valence-corrected chi connectivity index (χ3v) is 2.74. The highest BCUT2D eigenvalue weighted by Gasteiger charge is 2.06. The highest BCUT2D eigenvalue weighted by molar-refractivity contribution is 5.39. The lowest BCUT2D eigenvalue weighted by Crippen LogP contribution is -2.03. The molecule has 0 aromatic heterocycles. The molecule has 100 valence electrons. The number of hydrogen-bond donors (Lipinski definition) is 1. The molecule has 0 spiro atoms. The first-order valence-electron chi connectivity index (χ1n) is 6.02. The van der Waals surface area contributed by atoms with Crippen LogP contribution >= 0.6 is 0 Å². The van der Waals surface area contributed by atoms with E-state index in [2.05, 4.69) is 0 Å². The molecule has 0 atom stereocenters. The Bertz CT molecular complexity index is 584. The van der Waals surface area contributed by atoms with Crippen LogP contribution in [0.1, 0.15) is 11.1 Å². The van der Waals surface area contributed by atoms with Crippen LogP contribution in [-0.2, 0) is 6.42 Å². The summed E-state index contributed by atoms with van der Waals surface area (Å²) in [6, 6.07) is 8.64. The minimum absolute atomic E-state index is 0.345. The predicted molar refractivity (Wildman–Crippen MR) is 70.4 cm³/mol. The van der Waals surface area contributed by atoms with Gasteiger partial charge in [0.25, 0.3) is 0 Å². The SMILES string of the molecule is Cc1ccc(F)cc1Oc1cc(F)cc(CCN)c1. The summed E-state index contributed by atoms with van der Waals surface area (Å²) in [7, 11) is 0. The zero-order valence-electron chi connectivity index (χ0n) is 10.6. The van der Waals surface area contributed by atoms with Crippen molar-refractivity contribution < 1.29 is 13.5 Å². The van der Waals surface area contributed by atoms with E-state index in [1.807, 2.05) is 0 Å². The van der Waals surface area contributed by atoms with Crippen molar-refractivity contribution in [3.05, 3.63) is 59.2 Å². The molecule has 0 amide bonds. The lowest BCUT2D eigenvalue weighted by Gasteiger charge is -2.10. The van der Waals surface area contributed by atoms with Crippen LogP contribution in [0.25, 0.3) is 0 Å². The van der Waals surface area contributed by atoms with Crippen LogP contribution in [0.2, 0.25) is 0 Å². The fourth-order valence-corrected chi connectivity index (χ4v) is 1.80. The van der Waals surface area contributed by atoms with E-state index in [0.717, 1.165) is 11.1 Å². The van der Waals surface area contributed by atoms with Gasteiger partial charge in [0.1, 0.15) is 23.1 Å². The van der Waals surface area contributed by atoms with E-state index in [1.54, 1.807) is 19.1 Å². The minimum Gasteiger partial charge on any atom is -0.457 e. The lowest BCUT2D eigenvalue weighted by molar-refractivity contribution is 0.467. The second-order valence-corrected chi connectivity index (χ2v) is 4.35. The van der Waals surface area contributed by atoms with Gasteiger partial charge in [0, 0.05) is 12.1 Å². The van der Waals surface area contributed by atoms with Gasteiger partial charge in [-0.1, -0.05) is 6.07 Å². The summed E-state index contributed by atoms with van der Waals surface area (Å²) in [6.07, 6.45) is 0.566. The fraction of sp³-hybridized carbons (Fsp3) is 0.200. The first kappa shape index (κ1) is 13.5. The summed E-state index contributed by atoms with van der Waals surface area (Å²) in [6.45, 7) is 2.23. The summed E-state index contributed by atoms with van der Waals surface area (Å²) in [5.41, 5.74) is 6.98. The van der Waals surface area contributed by atoms with Crippen molar-refractivity contribution in [2.45, 2.75) is 13.3 Å². The summed E-state index contributed by atoms with van der Waals surface area (Å²) in [5, 5.41) is 0. The Morgan fingerprint density at radius 1 is 1.05 bits per heavy atom. The molecule has 0 heterocycles. The summed E-state index contributed by atoms with van der Waals surface area (Å²) < 4.78 is 32.1. The van der Waals surface area contributed by atoms with E-state index in [9.17, 15) is 8.78 Å². The van der Waals surface area contributed by atoms with Gasteiger partial charge >= 0.3 is 0 Å². The van der Waals surface area contributed by atoms with Crippen LogP contribution in [0.15, 0.2) is 36.4 Å². The summed E-state index contributed by atoms with van der Waals surface area (Å²) in [5.74, 6) is -0.0596. The number of aryl methyl sites for hydroxylation is 1. The molecule has 0 fully saturated rings. The third kappa shape index (κ3) is 3.51. The molecule has 0 aliphatic rings.